The lowest BCUT2D eigenvalue weighted by molar-refractivity contribution is -0.134. The van der Waals surface area contributed by atoms with Crippen molar-refractivity contribution in [2.75, 3.05) is 49.5 Å². The lowest BCUT2D eigenvalue weighted by Crippen LogP contribution is -2.49. The fourth-order valence-corrected chi connectivity index (χ4v) is 6.14. The summed E-state index contributed by atoms with van der Waals surface area (Å²) in [7, 11) is 0. The maximum absolute atomic E-state index is 13.3. The minimum absolute atomic E-state index is 0.0547. The molecule has 2 aliphatic heterocycles. The Bertz CT molecular complexity index is 1600. The van der Waals surface area contributed by atoms with Crippen LogP contribution in [0, 0.1) is 0 Å². The van der Waals surface area contributed by atoms with Crippen LogP contribution in [0.4, 0.5) is 11.8 Å². The van der Waals surface area contributed by atoms with Gasteiger partial charge in [-0.05, 0) is 24.0 Å². The molecular formula is C29H33N11O3. The second kappa shape index (κ2) is 11.4. The molecule has 14 heteroatoms. The van der Waals surface area contributed by atoms with Crippen molar-refractivity contribution >= 4 is 23.6 Å². The van der Waals surface area contributed by atoms with Gasteiger partial charge in [0.1, 0.15) is 18.8 Å². The highest BCUT2D eigenvalue weighted by molar-refractivity contribution is 5.79. The highest BCUT2D eigenvalue weighted by Crippen LogP contribution is 2.31. The van der Waals surface area contributed by atoms with E-state index in [-0.39, 0.29) is 24.4 Å². The molecule has 1 aromatic carbocycles. The molecule has 2 amide bonds. The summed E-state index contributed by atoms with van der Waals surface area (Å²) in [4.78, 5) is 40.1. The number of rotatable bonds is 7. The largest absolute Gasteiger partial charge is 0.387 e. The van der Waals surface area contributed by atoms with Crippen molar-refractivity contribution in [3.8, 4) is 11.1 Å². The smallest absolute Gasteiger partial charge is 0.248 e. The van der Waals surface area contributed by atoms with Gasteiger partial charge in [-0.2, -0.15) is 5.10 Å². The van der Waals surface area contributed by atoms with E-state index in [1.165, 1.54) is 11.1 Å². The number of aromatic amines is 1. The number of fused-ring (bicyclic) bond motifs is 2. The molecule has 0 atom stereocenters. The number of amides is 2. The molecule has 14 nitrogen and oxygen atoms in total. The minimum atomic E-state index is -0.501. The minimum Gasteiger partial charge on any atom is -0.387 e. The van der Waals surface area contributed by atoms with Gasteiger partial charge in [-0.1, -0.05) is 29.5 Å². The van der Waals surface area contributed by atoms with Gasteiger partial charge >= 0.3 is 0 Å². The maximum atomic E-state index is 13.3. The molecule has 222 valence electrons. The second-order valence-electron chi connectivity index (χ2n) is 11.2. The molecule has 43 heavy (non-hydrogen) atoms. The first-order valence-corrected chi connectivity index (χ1v) is 14.6. The molecule has 3 aliphatic rings. The summed E-state index contributed by atoms with van der Waals surface area (Å²) in [5.74, 6) is 0.937. The van der Waals surface area contributed by atoms with E-state index in [2.05, 4.69) is 59.9 Å². The molecule has 0 radical (unpaired) electrons. The van der Waals surface area contributed by atoms with E-state index in [4.69, 9.17) is 5.10 Å². The summed E-state index contributed by atoms with van der Waals surface area (Å²) in [6.07, 6.45) is 7.99. The number of aliphatic hydroxyl groups is 1. The average molecular weight is 584 g/mol. The molecule has 3 N–H and O–H groups in total. The van der Waals surface area contributed by atoms with Crippen molar-refractivity contribution in [3.05, 3.63) is 65.4 Å². The van der Waals surface area contributed by atoms with E-state index in [1.807, 2.05) is 6.20 Å². The first-order valence-electron chi connectivity index (χ1n) is 14.6. The molecule has 4 aromatic rings. The van der Waals surface area contributed by atoms with Crippen LogP contribution in [0.1, 0.15) is 22.5 Å². The van der Waals surface area contributed by atoms with Gasteiger partial charge in [-0.15, -0.1) is 5.10 Å². The number of nitrogens with one attached hydrogen (secondary N) is 2. The number of carbonyl (C=O) groups is 2. The normalized spacial score (nSPS) is 16.7. The number of carbonyl (C=O) groups excluding carboxylic acids is 2. The Morgan fingerprint density at radius 2 is 1.72 bits per heavy atom. The number of aliphatic hydroxyl groups excluding tert-OH is 1. The Balaban J connectivity index is 1.09. The van der Waals surface area contributed by atoms with Gasteiger partial charge in [0.2, 0.25) is 17.8 Å². The van der Waals surface area contributed by atoms with Gasteiger partial charge in [0.05, 0.1) is 12.2 Å². The van der Waals surface area contributed by atoms with E-state index in [9.17, 15) is 14.7 Å². The highest BCUT2D eigenvalue weighted by atomic mass is 16.3. The van der Waals surface area contributed by atoms with Crippen molar-refractivity contribution in [3.63, 3.8) is 0 Å². The molecular weight excluding hydrogens is 550 g/mol. The number of hydrogen-bond acceptors (Lipinski definition) is 10. The number of nitrogens with zero attached hydrogens (tertiary/aromatic N) is 9. The van der Waals surface area contributed by atoms with Crippen molar-refractivity contribution in [1.82, 2.24) is 45.0 Å². The van der Waals surface area contributed by atoms with E-state index < -0.39 is 6.61 Å². The van der Waals surface area contributed by atoms with Crippen LogP contribution in [0.3, 0.4) is 0 Å². The van der Waals surface area contributed by atoms with Crippen molar-refractivity contribution in [2.24, 2.45) is 0 Å². The zero-order chi connectivity index (χ0) is 29.3. The lowest BCUT2D eigenvalue weighted by atomic mass is 10.1. The van der Waals surface area contributed by atoms with Crippen LogP contribution in [0.2, 0.25) is 0 Å². The molecule has 3 aromatic heterocycles. The third kappa shape index (κ3) is 5.52. The van der Waals surface area contributed by atoms with Crippen molar-refractivity contribution in [1.29, 1.82) is 0 Å². The summed E-state index contributed by atoms with van der Waals surface area (Å²) in [6, 6.07) is 8.72. The molecule has 7 rings (SSSR count). The predicted molar refractivity (Wildman–Crippen MR) is 156 cm³/mol. The fraction of sp³-hybridized carbons (Fsp3) is 0.414. The molecule has 1 saturated heterocycles. The number of benzene rings is 1. The SMILES string of the molecule is O=C(CO)N1CCN(c2nn(CC(=O)N3CCc4[nH]nnc4C3)cc2-c2cnc(NC3Cc4ccccc4C3)nc2)CC1. The molecule has 1 fully saturated rings. The van der Waals surface area contributed by atoms with Crippen molar-refractivity contribution in [2.45, 2.75) is 38.4 Å². The first-order chi connectivity index (χ1) is 21.0. The molecule has 1 aliphatic carbocycles. The van der Waals surface area contributed by atoms with E-state index in [0.717, 1.165) is 35.4 Å². The van der Waals surface area contributed by atoms with Crippen LogP contribution < -0.4 is 10.2 Å². The highest BCUT2D eigenvalue weighted by Gasteiger charge is 2.28. The Morgan fingerprint density at radius 1 is 0.977 bits per heavy atom. The summed E-state index contributed by atoms with van der Waals surface area (Å²) in [5.41, 5.74) is 6.08. The Hall–Kier alpha value is -4.85. The molecule has 5 heterocycles. The van der Waals surface area contributed by atoms with Gasteiger partial charge in [-0.3, -0.25) is 19.4 Å². The van der Waals surface area contributed by atoms with Crippen LogP contribution in [0.25, 0.3) is 11.1 Å². The fourth-order valence-electron chi connectivity index (χ4n) is 6.14. The van der Waals surface area contributed by atoms with Crippen LogP contribution in [-0.4, -0.2) is 107 Å². The second-order valence-corrected chi connectivity index (χ2v) is 11.2. The number of piperazine rings is 1. The quantitative estimate of drug-likeness (QED) is 0.275. The van der Waals surface area contributed by atoms with Gasteiger partial charge in [-0.25, -0.2) is 9.97 Å². The first kappa shape index (κ1) is 27.0. The van der Waals surface area contributed by atoms with Crippen LogP contribution >= 0.6 is 0 Å². The van der Waals surface area contributed by atoms with E-state index in [1.54, 1.807) is 26.9 Å². The zero-order valence-corrected chi connectivity index (χ0v) is 23.7. The number of aromatic nitrogens is 7. The molecule has 0 spiro atoms. The Morgan fingerprint density at radius 3 is 2.44 bits per heavy atom. The Labute approximate surface area is 247 Å². The van der Waals surface area contributed by atoms with E-state index >= 15 is 0 Å². The number of H-pyrrole nitrogens is 1. The van der Waals surface area contributed by atoms with Gasteiger partial charge in [0.15, 0.2) is 5.82 Å². The monoisotopic (exact) mass is 583 g/mol. The summed E-state index contributed by atoms with van der Waals surface area (Å²) < 4.78 is 1.67. The topological polar surface area (TPSA) is 161 Å². The summed E-state index contributed by atoms with van der Waals surface area (Å²) in [6.45, 7) is 2.63. The predicted octanol–water partition coefficient (Wildman–Crippen LogP) is 0.263. The summed E-state index contributed by atoms with van der Waals surface area (Å²) in [5, 5.41) is 28.4. The summed E-state index contributed by atoms with van der Waals surface area (Å²) >= 11 is 0. The third-order valence-corrected chi connectivity index (χ3v) is 8.48. The Kier molecular flexibility index (Phi) is 7.19. The van der Waals surface area contributed by atoms with Gasteiger partial charge in [0, 0.05) is 74.9 Å². The van der Waals surface area contributed by atoms with E-state index in [0.29, 0.717) is 57.5 Å². The van der Waals surface area contributed by atoms with Crippen LogP contribution in [-0.2, 0) is 41.9 Å². The van der Waals surface area contributed by atoms with Gasteiger partial charge in [0.25, 0.3) is 0 Å². The van der Waals surface area contributed by atoms with Gasteiger partial charge < -0.3 is 25.1 Å². The number of hydrogen-bond donors (Lipinski definition) is 3. The number of anilines is 2. The standard InChI is InChI=1S/C29H33N11O3/c41-18-27(43)37-7-9-38(10-8-37)28-23(15-40(35-28)17-26(42)39-6-5-24-25(16-39)34-36-33-24)21-13-30-29(31-14-21)32-22-11-19-3-1-2-4-20(19)12-22/h1-4,13-15,22,41H,5-12,16-18H2,(H,30,31,32)(H,33,34,36). The average Bonchev–Trinajstić information content (AvgIpc) is 3.79. The molecule has 0 unspecified atom stereocenters. The molecule has 0 saturated carbocycles. The molecule has 0 bridgehead atoms. The van der Waals surface area contributed by atoms with Crippen LogP contribution in [0.15, 0.2) is 42.9 Å². The lowest BCUT2D eigenvalue weighted by Gasteiger charge is -2.35. The maximum Gasteiger partial charge on any atom is 0.248 e. The van der Waals surface area contributed by atoms with Crippen molar-refractivity contribution < 1.29 is 14.7 Å². The third-order valence-electron chi connectivity index (χ3n) is 8.48. The van der Waals surface area contributed by atoms with Crippen LogP contribution in [0.5, 0.6) is 0 Å². The zero-order valence-electron chi connectivity index (χ0n) is 23.7.